The van der Waals surface area contributed by atoms with Crippen molar-refractivity contribution in [3.05, 3.63) is 72.9 Å². The molecule has 0 spiro atoms. The first-order valence-corrected chi connectivity index (χ1v) is 14.8. The van der Waals surface area contributed by atoms with Crippen molar-refractivity contribution in [2.75, 3.05) is 6.54 Å². The number of allylic oxidation sites excluding steroid dienone is 9. The largest absolute Gasteiger partial charge is 0.358 e. The van der Waals surface area contributed by atoms with Crippen LogP contribution in [0.15, 0.2) is 72.9 Å². The van der Waals surface area contributed by atoms with Crippen molar-refractivity contribution in [1.29, 1.82) is 0 Å². The topological polar surface area (TPSA) is 69.3 Å². The van der Waals surface area contributed by atoms with Crippen molar-refractivity contribution in [1.82, 2.24) is 9.76 Å². The molecule has 2 heterocycles. The zero-order chi connectivity index (χ0) is 27.9. The number of nitrogens with one attached hydrogen (secondary N) is 1. The van der Waals surface area contributed by atoms with Gasteiger partial charge in [0.2, 0.25) is 5.91 Å². The monoisotopic (exact) mass is 600 g/mol. The maximum Gasteiger partial charge on any atom is 0.243 e. The Balaban J connectivity index is 2.22. The molecule has 1 fully saturated rings. The Morgan fingerprint density at radius 3 is 2.18 bits per heavy atom. The summed E-state index contributed by atoms with van der Waals surface area (Å²) in [5.74, 6) is 0.354. The van der Waals surface area contributed by atoms with E-state index in [1.165, 1.54) is 6.08 Å². The number of hydrogen-bond acceptors (Lipinski definition) is 6. The standard InChI is InChI=1S/C27H44N2O5P4/c1-19-14-10-6-4-7-11-15-20(2)22(16-12-8-5-9-13-17-23(30)28-18-19)32-27-26(34-38)24(29(35)36)25(33-37)21(3)31-27/h4-14,17,19-22,24-27H,15-16,18,35-38H2,1-3H3,(H,28,30). The van der Waals surface area contributed by atoms with Gasteiger partial charge in [0.25, 0.3) is 0 Å². The Labute approximate surface area is 238 Å². The molecule has 12 atom stereocenters. The fourth-order valence-corrected chi connectivity index (χ4v) is 5.58. The van der Waals surface area contributed by atoms with E-state index in [1.807, 2.05) is 47.8 Å². The van der Waals surface area contributed by atoms with E-state index in [0.717, 1.165) is 6.42 Å². The van der Waals surface area contributed by atoms with Crippen LogP contribution in [0, 0.1) is 11.8 Å². The van der Waals surface area contributed by atoms with Crippen molar-refractivity contribution < 1.29 is 23.3 Å². The molecular formula is C27H44N2O5P4. The normalized spacial score (nSPS) is 33.9. The van der Waals surface area contributed by atoms with Gasteiger partial charge in [-0.15, -0.1) is 0 Å². The molecule has 1 N–H and O–H groups in total. The van der Waals surface area contributed by atoms with E-state index < -0.39 is 12.4 Å². The Hall–Kier alpha value is -0.570. The van der Waals surface area contributed by atoms with Crippen LogP contribution in [0.2, 0.25) is 0 Å². The lowest BCUT2D eigenvalue weighted by Crippen LogP contribution is -2.61. The van der Waals surface area contributed by atoms with Gasteiger partial charge in [0.1, 0.15) is 12.2 Å². The molecule has 2 rings (SSSR count). The molecule has 0 bridgehead atoms. The number of nitrogens with zero attached hydrogens (tertiary/aromatic N) is 1. The predicted molar refractivity (Wildman–Crippen MR) is 169 cm³/mol. The second-order valence-corrected chi connectivity index (χ2v) is 11.9. The van der Waals surface area contributed by atoms with Crippen LogP contribution in [0.5, 0.6) is 0 Å². The first kappa shape index (κ1) is 33.6. The van der Waals surface area contributed by atoms with Gasteiger partial charge < -0.3 is 23.8 Å². The molecule has 0 aromatic rings. The van der Waals surface area contributed by atoms with Crippen LogP contribution in [-0.4, -0.2) is 53.6 Å². The molecular weight excluding hydrogens is 556 g/mol. The maximum atomic E-state index is 12.0. The number of ether oxygens (including phenoxy) is 2. The van der Waals surface area contributed by atoms with Crippen molar-refractivity contribution in [3.63, 3.8) is 0 Å². The molecule has 1 amide bonds. The van der Waals surface area contributed by atoms with E-state index in [0.29, 0.717) is 13.0 Å². The number of carbonyl (C=O) groups excluding carboxylic acids is 1. The Kier molecular flexibility index (Phi) is 16.6. The zero-order valence-corrected chi connectivity index (χ0v) is 27.1. The van der Waals surface area contributed by atoms with Crippen LogP contribution in [-0.2, 0) is 23.3 Å². The lowest BCUT2D eigenvalue weighted by molar-refractivity contribution is -0.279. The van der Waals surface area contributed by atoms with E-state index in [9.17, 15) is 4.79 Å². The highest BCUT2D eigenvalue weighted by Gasteiger charge is 2.47. The molecule has 7 nitrogen and oxygen atoms in total. The zero-order valence-electron chi connectivity index (χ0n) is 22.5. The molecule has 2 aliphatic heterocycles. The molecule has 38 heavy (non-hydrogen) atoms. The molecule has 1 saturated heterocycles. The van der Waals surface area contributed by atoms with Crippen LogP contribution in [0.25, 0.3) is 0 Å². The highest BCUT2D eigenvalue weighted by molar-refractivity contribution is 7.30. The second-order valence-electron chi connectivity index (χ2n) is 9.56. The van der Waals surface area contributed by atoms with Crippen molar-refractivity contribution in [2.24, 2.45) is 11.8 Å². The van der Waals surface area contributed by atoms with Crippen LogP contribution in [0.4, 0.5) is 0 Å². The summed E-state index contributed by atoms with van der Waals surface area (Å²) in [5.41, 5.74) is 0. The predicted octanol–water partition coefficient (Wildman–Crippen LogP) is 5.24. The third kappa shape index (κ3) is 11.5. The molecule has 0 radical (unpaired) electrons. The number of rotatable bonds is 5. The van der Waals surface area contributed by atoms with Gasteiger partial charge in [0, 0.05) is 31.6 Å². The minimum atomic E-state index is -0.577. The Bertz CT molecular complexity index is 893. The third-order valence-corrected chi connectivity index (χ3v) is 7.77. The molecule has 2 aliphatic rings. The molecule has 0 saturated carbocycles. The summed E-state index contributed by atoms with van der Waals surface area (Å²) in [6.07, 6.45) is 23.4. The smallest absolute Gasteiger partial charge is 0.243 e. The Morgan fingerprint density at radius 2 is 1.53 bits per heavy atom. The third-order valence-electron chi connectivity index (χ3n) is 6.46. The quantitative estimate of drug-likeness (QED) is 0.436. The minimum absolute atomic E-state index is 0.108. The second kappa shape index (κ2) is 18.7. The average molecular weight is 601 g/mol. The van der Waals surface area contributed by atoms with Crippen molar-refractivity contribution in [2.45, 2.75) is 70.4 Å². The van der Waals surface area contributed by atoms with Gasteiger partial charge in [0.05, 0.1) is 18.2 Å². The molecule has 0 aliphatic carbocycles. The molecule has 0 aromatic carbocycles. The SMILES string of the molecule is CC1C=CC=CC=CCC(C)C(OC2OC(C)C(OP)C(N(P)P)C2OP)CC=CC=CC=CC(=O)NC1. The van der Waals surface area contributed by atoms with Gasteiger partial charge in [0.15, 0.2) is 6.29 Å². The van der Waals surface area contributed by atoms with E-state index >= 15 is 0 Å². The summed E-state index contributed by atoms with van der Waals surface area (Å²) in [4.78, 5) is 12.0. The van der Waals surface area contributed by atoms with Gasteiger partial charge >= 0.3 is 0 Å². The first-order valence-electron chi connectivity index (χ1n) is 12.9. The Morgan fingerprint density at radius 1 is 0.895 bits per heavy atom. The summed E-state index contributed by atoms with van der Waals surface area (Å²) in [5, 5.41) is 2.91. The molecule has 11 heteroatoms. The van der Waals surface area contributed by atoms with E-state index in [-0.39, 0.29) is 42.1 Å². The summed E-state index contributed by atoms with van der Waals surface area (Å²) < 4.78 is 26.3. The van der Waals surface area contributed by atoms with E-state index in [2.05, 4.69) is 81.2 Å². The highest BCUT2D eigenvalue weighted by atomic mass is 31.1. The summed E-state index contributed by atoms with van der Waals surface area (Å²) in [6, 6.07) is -0.125. The van der Waals surface area contributed by atoms with Gasteiger partial charge in [-0.05, 0) is 31.6 Å². The van der Waals surface area contributed by atoms with Crippen LogP contribution < -0.4 is 5.32 Å². The summed E-state index contributed by atoms with van der Waals surface area (Å²) in [7, 11) is 10.0. The highest BCUT2D eigenvalue weighted by Crippen LogP contribution is 2.36. The number of carbonyl (C=O) groups is 1. The van der Waals surface area contributed by atoms with E-state index in [1.54, 1.807) is 6.08 Å². The lowest BCUT2D eigenvalue weighted by atomic mass is 9.95. The van der Waals surface area contributed by atoms with E-state index in [4.69, 9.17) is 18.5 Å². The lowest BCUT2D eigenvalue weighted by Gasteiger charge is -2.47. The van der Waals surface area contributed by atoms with Crippen molar-refractivity contribution in [3.8, 4) is 0 Å². The van der Waals surface area contributed by atoms with Crippen LogP contribution in [0.3, 0.4) is 0 Å². The fraction of sp³-hybridized carbons (Fsp3) is 0.519. The maximum absolute atomic E-state index is 12.0. The average Bonchev–Trinajstić information content (AvgIpc) is 2.88. The minimum Gasteiger partial charge on any atom is -0.358 e. The summed E-state index contributed by atoms with van der Waals surface area (Å²) in [6.45, 7) is 6.83. The van der Waals surface area contributed by atoms with Crippen molar-refractivity contribution >= 4 is 43.6 Å². The number of hydrogen-bond donors (Lipinski definition) is 1. The molecule has 0 aromatic heterocycles. The van der Waals surface area contributed by atoms with Crippen LogP contribution >= 0.6 is 37.7 Å². The first-order chi connectivity index (χ1) is 18.3. The number of amides is 1. The van der Waals surface area contributed by atoms with Gasteiger partial charge in [-0.1, -0.05) is 99.5 Å². The fourth-order valence-electron chi connectivity index (χ4n) is 4.23. The van der Waals surface area contributed by atoms with Gasteiger partial charge in [-0.3, -0.25) is 9.24 Å². The van der Waals surface area contributed by atoms with Gasteiger partial charge in [-0.25, -0.2) is 0 Å². The molecule has 212 valence electrons. The van der Waals surface area contributed by atoms with Gasteiger partial charge in [-0.2, -0.15) is 0 Å². The molecule has 12 unspecified atom stereocenters. The summed E-state index contributed by atoms with van der Waals surface area (Å²) >= 11 is 0. The van der Waals surface area contributed by atoms with Crippen LogP contribution in [0.1, 0.15) is 33.6 Å².